The zero-order valence-electron chi connectivity index (χ0n) is 13.3. The van der Waals surface area contributed by atoms with Crippen molar-refractivity contribution in [2.45, 2.75) is 33.7 Å². The van der Waals surface area contributed by atoms with Gasteiger partial charge < -0.3 is 10.1 Å². The Balaban J connectivity index is 2.39. The zero-order valence-corrected chi connectivity index (χ0v) is 13.3. The van der Waals surface area contributed by atoms with E-state index in [4.69, 9.17) is 4.74 Å². The highest BCUT2D eigenvalue weighted by Gasteiger charge is 2.10. The van der Waals surface area contributed by atoms with Gasteiger partial charge in [0, 0.05) is 12.1 Å². The summed E-state index contributed by atoms with van der Waals surface area (Å²) in [4.78, 5) is 0. The Bertz CT molecular complexity index is 578. The molecule has 2 aromatic rings. The van der Waals surface area contributed by atoms with Crippen LogP contribution in [0.1, 0.15) is 31.4 Å². The van der Waals surface area contributed by atoms with E-state index in [0.717, 1.165) is 25.3 Å². The molecule has 0 aromatic heterocycles. The Morgan fingerprint density at radius 2 is 1.81 bits per heavy atom. The van der Waals surface area contributed by atoms with Crippen LogP contribution >= 0.6 is 0 Å². The van der Waals surface area contributed by atoms with Crippen molar-refractivity contribution in [2.75, 3.05) is 13.2 Å². The molecular weight excluding hydrogens is 258 g/mol. The average Bonchev–Trinajstić information content (AvgIpc) is 2.50. The van der Waals surface area contributed by atoms with Crippen LogP contribution in [-0.4, -0.2) is 13.2 Å². The molecule has 0 fully saturated rings. The van der Waals surface area contributed by atoms with Gasteiger partial charge in [0.1, 0.15) is 5.75 Å². The van der Waals surface area contributed by atoms with Crippen molar-refractivity contribution >= 4 is 0 Å². The van der Waals surface area contributed by atoms with Gasteiger partial charge in [0.05, 0.1) is 6.61 Å². The van der Waals surface area contributed by atoms with Crippen LogP contribution in [0.4, 0.5) is 0 Å². The van der Waals surface area contributed by atoms with Crippen molar-refractivity contribution in [3.63, 3.8) is 0 Å². The van der Waals surface area contributed by atoms with Crippen LogP contribution in [0.3, 0.4) is 0 Å². The average molecular weight is 283 g/mol. The van der Waals surface area contributed by atoms with Gasteiger partial charge in [-0.15, -0.1) is 0 Å². The van der Waals surface area contributed by atoms with Crippen molar-refractivity contribution in [3.05, 3.63) is 53.6 Å². The Hall–Kier alpha value is -1.80. The largest absolute Gasteiger partial charge is 0.493 e. The first-order valence-electron chi connectivity index (χ1n) is 7.78. The van der Waals surface area contributed by atoms with Gasteiger partial charge in [0.25, 0.3) is 0 Å². The topological polar surface area (TPSA) is 21.3 Å². The van der Waals surface area contributed by atoms with E-state index >= 15 is 0 Å². The molecule has 112 valence electrons. The van der Waals surface area contributed by atoms with Crippen LogP contribution in [0, 0.1) is 6.92 Å². The van der Waals surface area contributed by atoms with Crippen LogP contribution in [0.25, 0.3) is 11.1 Å². The third-order valence-electron chi connectivity index (χ3n) is 3.48. The Morgan fingerprint density at radius 1 is 1.00 bits per heavy atom. The second-order valence-electron chi connectivity index (χ2n) is 5.27. The number of hydrogen-bond acceptors (Lipinski definition) is 2. The summed E-state index contributed by atoms with van der Waals surface area (Å²) in [6.45, 7) is 8.97. The van der Waals surface area contributed by atoms with Crippen LogP contribution in [0.2, 0.25) is 0 Å². The lowest BCUT2D eigenvalue weighted by atomic mass is 9.96. The summed E-state index contributed by atoms with van der Waals surface area (Å²) in [5.41, 5.74) is 5.04. The molecule has 0 saturated carbocycles. The fourth-order valence-corrected chi connectivity index (χ4v) is 2.47. The molecule has 2 nitrogen and oxygen atoms in total. The molecule has 0 amide bonds. The predicted molar refractivity (Wildman–Crippen MR) is 89.8 cm³/mol. The highest BCUT2D eigenvalue weighted by Crippen LogP contribution is 2.33. The van der Waals surface area contributed by atoms with Crippen LogP contribution in [0.5, 0.6) is 5.75 Å². The molecule has 2 heteroatoms. The number of benzene rings is 2. The highest BCUT2D eigenvalue weighted by molar-refractivity contribution is 5.74. The standard InChI is InChI=1S/C19H25NO/c1-4-12-20-14-16-11-10-15(3)13-18(16)17-8-6-7-9-19(17)21-5-2/h6-11,13,20H,4-5,12,14H2,1-3H3. The maximum Gasteiger partial charge on any atom is 0.127 e. The summed E-state index contributed by atoms with van der Waals surface area (Å²) >= 11 is 0. The molecule has 21 heavy (non-hydrogen) atoms. The number of rotatable bonds is 7. The summed E-state index contributed by atoms with van der Waals surface area (Å²) < 4.78 is 5.79. The molecule has 0 aliphatic rings. The van der Waals surface area contributed by atoms with Crippen molar-refractivity contribution < 1.29 is 4.74 Å². The molecule has 2 rings (SSSR count). The van der Waals surface area contributed by atoms with Crippen LogP contribution < -0.4 is 10.1 Å². The Morgan fingerprint density at radius 3 is 2.57 bits per heavy atom. The fraction of sp³-hybridized carbons (Fsp3) is 0.368. The monoisotopic (exact) mass is 283 g/mol. The van der Waals surface area contributed by atoms with Gasteiger partial charge in [-0.1, -0.05) is 48.9 Å². The molecule has 0 heterocycles. The number of hydrogen-bond donors (Lipinski definition) is 1. The van der Waals surface area contributed by atoms with Gasteiger partial charge >= 0.3 is 0 Å². The molecule has 0 atom stereocenters. The van der Waals surface area contributed by atoms with E-state index in [9.17, 15) is 0 Å². The van der Waals surface area contributed by atoms with Crippen LogP contribution in [-0.2, 0) is 6.54 Å². The molecule has 0 aliphatic carbocycles. The molecule has 0 saturated heterocycles. The van der Waals surface area contributed by atoms with E-state index in [0.29, 0.717) is 6.61 Å². The van der Waals surface area contributed by atoms with Crippen LogP contribution in [0.15, 0.2) is 42.5 Å². The van der Waals surface area contributed by atoms with Gasteiger partial charge in [0.15, 0.2) is 0 Å². The minimum Gasteiger partial charge on any atom is -0.493 e. The molecule has 0 spiro atoms. The third-order valence-corrected chi connectivity index (χ3v) is 3.48. The van der Waals surface area contributed by atoms with E-state index in [1.165, 1.54) is 22.3 Å². The molecular formula is C19H25NO. The van der Waals surface area contributed by atoms with Crippen molar-refractivity contribution in [1.82, 2.24) is 5.32 Å². The lowest BCUT2D eigenvalue weighted by Crippen LogP contribution is -2.14. The fourth-order valence-electron chi connectivity index (χ4n) is 2.47. The second kappa shape index (κ2) is 7.84. The first-order valence-corrected chi connectivity index (χ1v) is 7.78. The van der Waals surface area contributed by atoms with E-state index in [1.807, 2.05) is 19.1 Å². The summed E-state index contributed by atoms with van der Waals surface area (Å²) in [6, 6.07) is 14.9. The third kappa shape index (κ3) is 4.08. The smallest absolute Gasteiger partial charge is 0.127 e. The van der Waals surface area contributed by atoms with Crippen molar-refractivity contribution in [1.29, 1.82) is 0 Å². The predicted octanol–water partition coefficient (Wildman–Crippen LogP) is 4.56. The molecule has 2 aromatic carbocycles. The van der Waals surface area contributed by atoms with Gasteiger partial charge in [-0.3, -0.25) is 0 Å². The van der Waals surface area contributed by atoms with E-state index < -0.39 is 0 Å². The minimum absolute atomic E-state index is 0.687. The first-order chi connectivity index (χ1) is 10.3. The summed E-state index contributed by atoms with van der Waals surface area (Å²) in [5, 5.41) is 3.49. The number of nitrogens with one attached hydrogen (secondary N) is 1. The molecule has 0 unspecified atom stereocenters. The zero-order chi connectivity index (χ0) is 15.1. The quantitative estimate of drug-likeness (QED) is 0.752. The van der Waals surface area contributed by atoms with Gasteiger partial charge in [-0.2, -0.15) is 0 Å². The number of para-hydroxylation sites is 1. The lowest BCUT2D eigenvalue weighted by molar-refractivity contribution is 0.341. The highest BCUT2D eigenvalue weighted by atomic mass is 16.5. The van der Waals surface area contributed by atoms with Gasteiger partial charge in [-0.05, 0) is 44.0 Å². The lowest BCUT2D eigenvalue weighted by Gasteiger charge is -2.15. The van der Waals surface area contributed by atoms with E-state index in [1.54, 1.807) is 0 Å². The molecule has 0 bridgehead atoms. The summed E-state index contributed by atoms with van der Waals surface area (Å²) in [7, 11) is 0. The number of aryl methyl sites for hydroxylation is 1. The molecule has 0 aliphatic heterocycles. The molecule has 0 radical (unpaired) electrons. The normalized spacial score (nSPS) is 10.6. The molecule has 1 N–H and O–H groups in total. The van der Waals surface area contributed by atoms with Crippen molar-refractivity contribution in [3.8, 4) is 16.9 Å². The van der Waals surface area contributed by atoms with Gasteiger partial charge in [-0.25, -0.2) is 0 Å². The van der Waals surface area contributed by atoms with E-state index in [-0.39, 0.29) is 0 Å². The number of ether oxygens (including phenoxy) is 1. The summed E-state index contributed by atoms with van der Waals surface area (Å²) in [5.74, 6) is 0.961. The Kier molecular flexibility index (Phi) is 5.82. The Labute approximate surface area is 128 Å². The summed E-state index contributed by atoms with van der Waals surface area (Å²) in [6.07, 6.45) is 1.15. The second-order valence-corrected chi connectivity index (χ2v) is 5.27. The minimum atomic E-state index is 0.687. The van der Waals surface area contributed by atoms with E-state index in [2.05, 4.69) is 49.5 Å². The van der Waals surface area contributed by atoms with Crippen molar-refractivity contribution in [2.24, 2.45) is 0 Å². The maximum absolute atomic E-state index is 5.79. The SMILES string of the molecule is CCCNCc1ccc(C)cc1-c1ccccc1OCC. The van der Waals surface area contributed by atoms with Gasteiger partial charge in [0.2, 0.25) is 0 Å². The first kappa shape index (κ1) is 15.6. The maximum atomic E-state index is 5.79.